The molecule has 0 fully saturated rings. The van der Waals surface area contributed by atoms with Crippen molar-refractivity contribution in [3.8, 4) is 23.3 Å². The van der Waals surface area contributed by atoms with Gasteiger partial charge in [-0.2, -0.15) is 0 Å². The number of sulfonamides is 1. The Labute approximate surface area is 221 Å². The number of benzene rings is 2. The average molecular weight is 586 g/mol. The molecule has 7 nitrogen and oxygen atoms in total. The first kappa shape index (κ1) is 29.0. The molecule has 0 bridgehead atoms. The molecule has 0 spiro atoms. The first-order valence-corrected chi connectivity index (χ1v) is 13.9. The van der Waals surface area contributed by atoms with Crippen molar-refractivity contribution in [2.45, 2.75) is 33.2 Å². The van der Waals surface area contributed by atoms with Crippen molar-refractivity contribution in [2.24, 2.45) is 5.92 Å². The third kappa shape index (κ3) is 9.37. The van der Waals surface area contributed by atoms with Gasteiger partial charge in [-0.3, -0.25) is 4.79 Å². The van der Waals surface area contributed by atoms with Crippen LogP contribution in [0.4, 0.5) is 0 Å². The van der Waals surface area contributed by atoms with Crippen LogP contribution in [0.25, 0.3) is 0 Å². The zero-order chi connectivity index (χ0) is 26.0. The van der Waals surface area contributed by atoms with E-state index in [1.807, 2.05) is 24.3 Å². The molecule has 0 aliphatic heterocycles. The molecule has 0 heterocycles. The Balaban J connectivity index is 1.98. The molecule has 0 aliphatic carbocycles. The number of ether oxygens (including phenoxy) is 2. The molecule has 2 aromatic carbocycles. The molecular formula is C25H30BrClN2O5S. The van der Waals surface area contributed by atoms with Gasteiger partial charge in [0.05, 0.1) is 17.3 Å². The molecule has 0 aliphatic rings. The van der Waals surface area contributed by atoms with Crippen LogP contribution in [0.5, 0.6) is 11.5 Å². The fourth-order valence-electron chi connectivity index (χ4n) is 3.05. The summed E-state index contributed by atoms with van der Waals surface area (Å²) in [6, 6.07) is 10.1. The van der Waals surface area contributed by atoms with E-state index in [2.05, 4.69) is 37.8 Å². The van der Waals surface area contributed by atoms with E-state index in [4.69, 9.17) is 21.1 Å². The summed E-state index contributed by atoms with van der Waals surface area (Å²) in [7, 11) is -1.95. The van der Waals surface area contributed by atoms with Crippen molar-refractivity contribution < 1.29 is 22.7 Å². The van der Waals surface area contributed by atoms with E-state index in [0.29, 0.717) is 34.0 Å². The van der Waals surface area contributed by atoms with E-state index in [-0.39, 0.29) is 24.2 Å². The Morgan fingerprint density at radius 1 is 1.20 bits per heavy atom. The predicted octanol–water partition coefficient (Wildman–Crippen LogP) is 4.16. The van der Waals surface area contributed by atoms with E-state index in [0.717, 1.165) is 11.1 Å². The second-order valence-corrected chi connectivity index (χ2v) is 11.3. The Morgan fingerprint density at radius 3 is 2.49 bits per heavy atom. The smallest absolute Gasteiger partial charge is 0.238 e. The minimum absolute atomic E-state index is 0.0849. The maximum absolute atomic E-state index is 12.6. The van der Waals surface area contributed by atoms with Crippen molar-refractivity contribution in [3.05, 3.63) is 57.0 Å². The summed E-state index contributed by atoms with van der Waals surface area (Å²) in [5.74, 6) is 6.40. The second kappa shape index (κ2) is 13.7. The van der Waals surface area contributed by atoms with E-state index < -0.39 is 16.1 Å². The summed E-state index contributed by atoms with van der Waals surface area (Å²) in [6.07, 6.45) is 0.517. The predicted molar refractivity (Wildman–Crippen MR) is 142 cm³/mol. The highest BCUT2D eigenvalue weighted by Crippen LogP contribution is 2.36. The Hall–Kier alpha value is -2.25. The van der Waals surface area contributed by atoms with Crippen molar-refractivity contribution >= 4 is 43.5 Å². The monoisotopic (exact) mass is 584 g/mol. The highest BCUT2D eigenvalue weighted by molar-refractivity contribution is 9.10. The van der Waals surface area contributed by atoms with Gasteiger partial charge in [0.15, 0.2) is 11.5 Å². The second-order valence-electron chi connectivity index (χ2n) is 7.99. The molecule has 190 valence electrons. The van der Waals surface area contributed by atoms with Gasteiger partial charge in [-0.15, -0.1) is 0 Å². The zero-order valence-electron chi connectivity index (χ0n) is 20.2. The van der Waals surface area contributed by atoms with Crippen LogP contribution < -0.4 is 19.5 Å². The van der Waals surface area contributed by atoms with Crippen molar-refractivity contribution in [3.63, 3.8) is 0 Å². The van der Waals surface area contributed by atoms with Crippen LogP contribution in [0.15, 0.2) is 40.9 Å². The molecule has 0 radical (unpaired) electrons. The van der Waals surface area contributed by atoms with Gasteiger partial charge in [0.2, 0.25) is 15.9 Å². The number of nitrogens with one attached hydrogen (secondary N) is 2. The number of hydrogen-bond donors (Lipinski definition) is 2. The van der Waals surface area contributed by atoms with Crippen molar-refractivity contribution in [1.82, 2.24) is 10.0 Å². The van der Waals surface area contributed by atoms with Crippen LogP contribution in [0, 0.1) is 17.8 Å². The first-order chi connectivity index (χ1) is 16.6. The van der Waals surface area contributed by atoms with Gasteiger partial charge < -0.3 is 14.8 Å². The molecule has 1 unspecified atom stereocenters. The third-order valence-electron chi connectivity index (χ3n) is 5.00. The van der Waals surface area contributed by atoms with Gasteiger partial charge in [-0.1, -0.05) is 37.3 Å². The number of carbonyl (C=O) groups excluding carboxylic acids is 1. The van der Waals surface area contributed by atoms with Crippen LogP contribution in [-0.2, 0) is 21.2 Å². The summed E-state index contributed by atoms with van der Waals surface area (Å²) in [6.45, 7) is 5.62. The van der Waals surface area contributed by atoms with Crippen LogP contribution in [0.2, 0.25) is 5.02 Å². The lowest BCUT2D eigenvalue weighted by atomic mass is 10.0. The van der Waals surface area contributed by atoms with Gasteiger partial charge in [-0.05, 0) is 77.2 Å². The fourth-order valence-corrected chi connectivity index (χ4v) is 4.71. The first-order valence-electron chi connectivity index (χ1n) is 11.1. The summed E-state index contributed by atoms with van der Waals surface area (Å²) in [4.78, 5) is 12.6. The van der Waals surface area contributed by atoms with Crippen LogP contribution in [0.1, 0.15) is 31.9 Å². The molecule has 2 rings (SSSR count). The van der Waals surface area contributed by atoms with Crippen molar-refractivity contribution in [2.75, 3.05) is 26.0 Å². The molecule has 2 N–H and O–H groups in total. The lowest BCUT2D eigenvalue weighted by molar-refractivity contribution is -0.123. The van der Waals surface area contributed by atoms with E-state index >= 15 is 0 Å². The number of methoxy groups -OCH3 is 1. The number of carbonyl (C=O) groups is 1. The molecule has 1 amide bonds. The minimum atomic E-state index is -3.50. The van der Waals surface area contributed by atoms with Crippen LogP contribution in [-0.4, -0.2) is 46.4 Å². The summed E-state index contributed by atoms with van der Waals surface area (Å²) in [5.41, 5.74) is 1.74. The Morgan fingerprint density at radius 2 is 1.89 bits per heavy atom. The fraction of sp³-hybridized carbons (Fsp3) is 0.400. The van der Waals surface area contributed by atoms with Gasteiger partial charge in [0, 0.05) is 17.1 Å². The summed E-state index contributed by atoms with van der Waals surface area (Å²) < 4.78 is 38.2. The molecular weight excluding hydrogens is 556 g/mol. The lowest BCUT2D eigenvalue weighted by Gasteiger charge is -2.21. The van der Waals surface area contributed by atoms with Crippen molar-refractivity contribution in [1.29, 1.82) is 0 Å². The quantitative estimate of drug-likeness (QED) is 0.386. The molecule has 0 saturated carbocycles. The van der Waals surface area contributed by atoms with Gasteiger partial charge in [0.1, 0.15) is 12.6 Å². The lowest BCUT2D eigenvalue weighted by Crippen LogP contribution is -2.50. The highest BCUT2D eigenvalue weighted by atomic mass is 79.9. The summed E-state index contributed by atoms with van der Waals surface area (Å²) in [5, 5.41) is 3.47. The van der Waals surface area contributed by atoms with E-state index in [1.54, 1.807) is 33.1 Å². The molecule has 35 heavy (non-hydrogen) atoms. The van der Waals surface area contributed by atoms with Gasteiger partial charge in [0.25, 0.3) is 0 Å². The van der Waals surface area contributed by atoms with E-state index in [1.165, 1.54) is 6.92 Å². The molecule has 2 aromatic rings. The third-order valence-corrected chi connectivity index (χ3v) is 7.22. The maximum Gasteiger partial charge on any atom is 0.238 e. The maximum atomic E-state index is 12.6. The largest absolute Gasteiger partial charge is 0.493 e. The highest BCUT2D eigenvalue weighted by Gasteiger charge is 2.26. The molecule has 10 heteroatoms. The standard InChI is InChI=1S/C25H30BrClN2O5S/c1-5-35(31,32)29-23(17(2)3)25(30)28-13-12-19-15-21(26)24(22(16-19)33-4)34-14-6-7-18-8-10-20(27)11-9-18/h8-11,15-17,23,29H,5,12-14H2,1-4H3,(H,28,30). The topological polar surface area (TPSA) is 93.7 Å². The molecule has 1 atom stereocenters. The van der Waals surface area contributed by atoms with Crippen LogP contribution in [0.3, 0.4) is 0 Å². The zero-order valence-corrected chi connectivity index (χ0v) is 23.3. The number of hydrogen-bond acceptors (Lipinski definition) is 5. The van der Waals surface area contributed by atoms with Gasteiger partial charge >= 0.3 is 0 Å². The number of rotatable bonds is 11. The van der Waals surface area contributed by atoms with E-state index in [9.17, 15) is 13.2 Å². The average Bonchev–Trinajstić information content (AvgIpc) is 2.81. The minimum Gasteiger partial charge on any atom is -0.493 e. The SMILES string of the molecule is CCS(=O)(=O)NC(C(=O)NCCc1cc(Br)c(OCC#Cc2ccc(Cl)cc2)c(OC)c1)C(C)C. The normalized spacial score (nSPS) is 12.0. The van der Waals surface area contributed by atoms with Gasteiger partial charge in [-0.25, -0.2) is 13.1 Å². The number of amides is 1. The summed E-state index contributed by atoms with van der Waals surface area (Å²) >= 11 is 9.40. The molecule has 0 saturated heterocycles. The number of halogens is 2. The Bertz CT molecular complexity index is 1170. The molecule has 0 aromatic heterocycles. The van der Waals surface area contributed by atoms with Crippen LogP contribution >= 0.6 is 27.5 Å². The Kier molecular flexibility index (Phi) is 11.4.